The molecule has 2 N–H and O–H groups in total. The number of nitrogens with zero attached hydrogens (tertiary/aromatic N) is 3. The number of benzene rings is 1. The van der Waals surface area contributed by atoms with Crippen molar-refractivity contribution in [1.29, 1.82) is 0 Å². The molecule has 2 aromatic rings. The molecule has 1 aliphatic carbocycles. The molecule has 0 radical (unpaired) electrons. The lowest BCUT2D eigenvalue weighted by atomic mass is 9.96. The van der Waals surface area contributed by atoms with E-state index in [0.29, 0.717) is 5.92 Å². The molecular formula is C21H32IN5. The van der Waals surface area contributed by atoms with Crippen LogP contribution in [0.1, 0.15) is 36.7 Å². The molecule has 1 atom stereocenters. The topological polar surface area (TPSA) is 54.2 Å². The van der Waals surface area contributed by atoms with Crippen molar-refractivity contribution < 1.29 is 0 Å². The minimum atomic E-state index is 0. The van der Waals surface area contributed by atoms with Crippen LogP contribution in [0.2, 0.25) is 0 Å². The number of nitrogens with one attached hydrogen (secondary N) is 2. The smallest absolute Gasteiger partial charge is 0.191 e. The second-order valence-electron chi connectivity index (χ2n) is 7.67. The fourth-order valence-electron chi connectivity index (χ4n) is 3.47. The third-order valence-corrected chi connectivity index (χ3v) is 5.26. The number of guanidine groups is 1. The van der Waals surface area contributed by atoms with E-state index in [4.69, 9.17) is 0 Å². The van der Waals surface area contributed by atoms with Crippen molar-refractivity contribution in [1.82, 2.24) is 20.4 Å². The van der Waals surface area contributed by atoms with Crippen molar-refractivity contribution in [2.45, 2.75) is 45.6 Å². The summed E-state index contributed by atoms with van der Waals surface area (Å²) >= 11 is 0. The molecule has 3 rings (SSSR count). The summed E-state index contributed by atoms with van der Waals surface area (Å²) in [7, 11) is 1.84. The molecule has 1 aromatic heterocycles. The number of aliphatic imine (C=N–C) groups is 1. The zero-order valence-corrected chi connectivity index (χ0v) is 19.2. The van der Waals surface area contributed by atoms with Gasteiger partial charge in [0.2, 0.25) is 0 Å². The highest BCUT2D eigenvalue weighted by atomic mass is 127. The Morgan fingerprint density at radius 3 is 2.48 bits per heavy atom. The summed E-state index contributed by atoms with van der Waals surface area (Å²) in [5.74, 6) is 1.35. The number of halogens is 1. The van der Waals surface area contributed by atoms with Gasteiger partial charge in [-0.25, -0.2) is 0 Å². The Morgan fingerprint density at radius 2 is 1.93 bits per heavy atom. The first kappa shape index (κ1) is 21.7. The average molecular weight is 481 g/mol. The minimum absolute atomic E-state index is 0. The van der Waals surface area contributed by atoms with Crippen molar-refractivity contribution in [2.75, 3.05) is 20.1 Å². The summed E-state index contributed by atoms with van der Waals surface area (Å²) in [6, 6.07) is 12.9. The van der Waals surface area contributed by atoms with Crippen LogP contribution in [-0.4, -0.2) is 35.9 Å². The van der Waals surface area contributed by atoms with Gasteiger partial charge in [0, 0.05) is 37.8 Å². The third kappa shape index (κ3) is 5.70. The fourth-order valence-corrected chi connectivity index (χ4v) is 3.47. The minimum Gasteiger partial charge on any atom is -0.356 e. The van der Waals surface area contributed by atoms with Crippen LogP contribution in [0.5, 0.6) is 0 Å². The highest BCUT2D eigenvalue weighted by molar-refractivity contribution is 14.0. The summed E-state index contributed by atoms with van der Waals surface area (Å²) in [4.78, 5) is 4.39. The van der Waals surface area contributed by atoms with Gasteiger partial charge in [0.25, 0.3) is 0 Å². The summed E-state index contributed by atoms with van der Waals surface area (Å²) < 4.78 is 2.09. The molecule has 0 aliphatic heterocycles. The van der Waals surface area contributed by atoms with Gasteiger partial charge in [-0.2, -0.15) is 5.10 Å². The molecule has 0 bridgehead atoms. The molecular weight excluding hydrogens is 449 g/mol. The second-order valence-corrected chi connectivity index (χ2v) is 7.67. The molecule has 1 saturated carbocycles. The molecule has 1 aliphatic rings. The lowest BCUT2D eigenvalue weighted by molar-refractivity contribution is 0.435. The second kappa shape index (κ2) is 9.57. The van der Waals surface area contributed by atoms with Crippen LogP contribution < -0.4 is 10.6 Å². The molecule has 1 heterocycles. The molecule has 1 unspecified atom stereocenters. The largest absolute Gasteiger partial charge is 0.356 e. The van der Waals surface area contributed by atoms with Crippen molar-refractivity contribution in [3.8, 4) is 0 Å². The summed E-state index contributed by atoms with van der Waals surface area (Å²) in [6.45, 7) is 9.11. The summed E-state index contributed by atoms with van der Waals surface area (Å²) in [5, 5.41) is 11.5. The van der Waals surface area contributed by atoms with E-state index >= 15 is 0 Å². The zero-order chi connectivity index (χ0) is 18.6. The van der Waals surface area contributed by atoms with Crippen molar-refractivity contribution in [2.24, 2.45) is 10.9 Å². The average Bonchev–Trinajstić information content (AvgIpc) is 3.36. The molecule has 5 nitrogen and oxygen atoms in total. The molecule has 1 fully saturated rings. The van der Waals surface area contributed by atoms with Crippen LogP contribution in [0.15, 0.2) is 41.4 Å². The summed E-state index contributed by atoms with van der Waals surface area (Å²) in [5.41, 5.74) is 4.01. The van der Waals surface area contributed by atoms with Gasteiger partial charge in [-0.1, -0.05) is 37.3 Å². The molecule has 0 amide bonds. The monoisotopic (exact) mass is 481 g/mol. The maximum atomic E-state index is 4.55. The van der Waals surface area contributed by atoms with E-state index in [9.17, 15) is 0 Å². The standard InChI is InChI=1S/C21H31N5.HI/c1-16(14-26-18(3)12-17(2)25-26)13-23-20(22-4)24-15-21(10-11-21)19-8-6-5-7-9-19;/h5-9,12,16H,10-11,13-15H2,1-4H3,(H2,22,23,24);1H. The number of hydrogen-bond donors (Lipinski definition) is 2. The highest BCUT2D eigenvalue weighted by Crippen LogP contribution is 2.47. The lowest BCUT2D eigenvalue weighted by Crippen LogP contribution is -2.43. The van der Waals surface area contributed by atoms with Gasteiger partial charge in [0.1, 0.15) is 0 Å². The van der Waals surface area contributed by atoms with Gasteiger partial charge in [0.15, 0.2) is 5.96 Å². The normalized spacial score (nSPS) is 16.4. The molecule has 6 heteroatoms. The Hall–Kier alpha value is -1.57. The van der Waals surface area contributed by atoms with E-state index in [0.717, 1.165) is 31.3 Å². The van der Waals surface area contributed by atoms with Gasteiger partial charge in [-0.15, -0.1) is 24.0 Å². The van der Waals surface area contributed by atoms with Crippen LogP contribution in [0.4, 0.5) is 0 Å². The van der Waals surface area contributed by atoms with Gasteiger partial charge < -0.3 is 10.6 Å². The molecule has 148 valence electrons. The molecule has 0 spiro atoms. The molecule has 27 heavy (non-hydrogen) atoms. The molecule has 0 saturated heterocycles. The van der Waals surface area contributed by atoms with Gasteiger partial charge >= 0.3 is 0 Å². The van der Waals surface area contributed by atoms with Crippen LogP contribution in [0.3, 0.4) is 0 Å². The first-order valence-corrected chi connectivity index (χ1v) is 9.53. The number of aromatic nitrogens is 2. The van der Waals surface area contributed by atoms with E-state index in [-0.39, 0.29) is 29.4 Å². The Kier molecular flexibility index (Phi) is 7.70. The van der Waals surface area contributed by atoms with E-state index in [1.165, 1.54) is 24.1 Å². The predicted octanol–water partition coefficient (Wildman–Crippen LogP) is 3.65. The van der Waals surface area contributed by atoms with E-state index in [2.05, 4.69) is 75.7 Å². The van der Waals surface area contributed by atoms with Crippen LogP contribution in [0.25, 0.3) is 0 Å². The Labute approximate surface area is 180 Å². The SMILES string of the molecule is CN=C(NCC(C)Cn1nc(C)cc1C)NCC1(c2ccccc2)CC1.I. The van der Waals surface area contributed by atoms with Gasteiger partial charge in [-0.05, 0) is 44.2 Å². The van der Waals surface area contributed by atoms with Gasteiger partial charge in [-0.3, -0.25) is 9.67 Å². The maximum absolute atomic E-state index is 4.55. The van der Waals surface area contributed by atoms with E-state index in [1.54, 1.807) is 0 Å². The Balaban J connectivity index is 0.00000261. The zero-order valence-electron chi connectivity index (χ0n) is 16.8. The lowest BCUT2D eigenvalue weighted by Gasteiger charge is -2.20. The number of rotatable bonds is 7. The van der Waals surface area contributed by atoms with Crippen molar-refractivity contribution in [3.63, 3.8) is 0 Å². The fraction of sp³-hybridized carbons (Fsp3) is 0.524. The quantitative estimate of drug-likeness (QED) is 0.361. The summed E-state index contributed by atoms with van der Waals surface area (Å²) in [6.07, 6.45) is 2.49. The van der Waals surface area contributed by atoms with Crippen molar-refractivity contribution >= 4 is 29.9 Å². The molecule has 1 aromatic carbocycles. The van der Waals surface area contributed by atoms with Gasteiger partial charge in [0.05, 0.1) is 5.69 Å². The van der Waals surface area contributed by atoms with Crippen LogP contribution >= 0.6 is 24.0 Å². The van der Waals surface area contributed by atoms with E-state index < -0.39 is 0 Å². The first-order chi connectivity index (χ1) is 12.5. The Bertz CT molecular complexity index is 749. The third-order valence-electron chi connectivity index (χ3n) is 5.26. The van der Waals surface area contributed by atoms with Crippen LogP contribution in [-0.2, 0) is 12.0 Å². The van der Waals surface area contributed by atoms with E-state index in [1.807, 2.05) is 14.0 Å². The maximum Gasteiger partial charge on any atom is 0.191 e. The number of hydrogen-bond acceptors (Lipinski definition) is 2. The highest BCUT2D eigenvalue weighted by Gasteiger charge is 2.43. The first-order valence-electron chi connectivity index (χ1n) is 9.53. The van der Waals surface area contributed by atoms with Crippen LogP contribution in [0, 0.1) is 19.8 Å². The predicted molar refractivity (Wildman–Crippen MR) is 123 cm³/mol. The number of aryl methyl sites for hydroxylation is 2. The Morgan fingerprint density at radius 1 is 1.22 bits per heavy atom. The van der Waals surface area contributed by atoms with Crippen molar-refractivity contribution in [3.05, 3.63) is 53.3 Å².